The smallest absolute Gasteiger partial charge is 0.361 e. The van der Waals surface area contributed by atoms with Gasteiger partial charge in [-0.1, -0.05) is 52.3 Å². The molecular formula is C21H15Cl2F3N4OS. The Morgan fingerprint density at radius 3 is 2.50 bits per heavy atom. The van der Waals surface area contributed by atoms with Gasteiger partial charge in [0.05, 0.1) is 22.0 Å². The van der Waals surface area contributed by atoms with Gasteiger partial charge >= 0.3 is 6.18 Å². The fourth-order valence-corrected chi connectivity index (χ4v) is 4.65. The Morgan fingerprint density at radius 2 is 1.84 bits per heavy atom. The SMILES string of the molecule is Cc1noc(C)c1CSc1nnc(-c2cccc(Cl)c2)n1-c1ccc(Cl)c(C(F)(F)F)c1. The van der Waals surface area contributed by atoms with Crippen LogP contribution in [-0.4, -0.2) is 19.9 Å². The van der Waals surface area contributed by atoms with Crippen LogP contribution in [0.3, 0.4) is 0 Å². The summed E-state index contributed by atoms with van der Waals surface area (Å²) in [5, 5.41) is 12.9. The van der Waals surface area contributed by atoms with E-state index in [0.29, 0.717) is 33.1 Å². The predicted molar refractivity (Wildman–Crippen MR) is 117 cm³/mol. The minimum atomic E-state index is -4.61. The molecule has 0 radical (unpaired) electrons. The Hall–Kier alpha value is -2.49. The molecule has 0 aliphatic carbocycles. The lowest BCUT2D eigenvalue weighted by atomic mass is 10.1. The lowest BCUT2D eigenvalue weighted by Gasteiger charge is -2.14. The number of hydrogen-bond acceptors (Lipinski definition) is 5. The average Bonchev–Trinajstić information content (AvgIpc) is 3.29. The van der Waals surface area contributed by atoms with E-state index in [1.54, 1.807) is 35.8 Å². The van der Waals surface area contributed by atoms with Crippen molar-refractivity contribution in [2.24, 2.45) is 0 Å². The minimum Gasteiger partial charge on any atom is -0.361 e. The zero-order valence-corrected chi connectivity index (χ0v) is 19.1. The molecule has 2 aromatic carbocycles. The van der Waals surface area contributed by atoms with Crippen molar-refractivity contribution in [1.82, 2.24) is 19.9 Å². The van der Waals surface area contributed by atoms with E-state index in [1.807, 2.05) is 6.92 Å². The maximum absolute atomic E-state index is 13.5. The van der Waals surface area contributed by atoms with Gasteiger partial charge in [0.2, 0.25) is 0 Å². The highest BCUT2D eigenvalue weighted by atomic mass is 35.5. The highest BCUT2D eigenvalue weighted by Crippen LogP contribution is 2.38. The summed E-state index contributed by atoms with van der Waals surface area (Å²) in [6.45, 7) is 3.62. The molecule has 2 heterocycles. The molecule has 0 saturated heterocycles. The van der Waals surface area contributed by atoms with E-state index in [1.165, 1.54) is 23.9 Å². The molecular weight excluding hydrogens is 484 g/mol. The first-order valence-electron chi connectivity index (χ1n) is 9.28. The number of alkyl halides is 3. The zero-order valence-electron chi connectivity index (χ0n) is 16.7. The molecule has 0 N–H and O–H groups in total. The topological polar surface area (TPSA) is 56.7 Å². The molecule has 0 unspecified atom stereocenters. The Labute approximate surface area is 195 Å². The molecule has 5 nitrogen and oxygen atoms in total. The molecule has 0 aliphatic rings. The number of rotatable bonds is 5. The van der Waals surface area contributed by atoms with E-state index in [0.717, 1.165) is 17.3 Å². The van der Waals surface area contributed by atoms with Crippen molar-refractivity contribution in [2.75, 3.05) is 0 Å². The van der Waals surface area contributed by atoms with Crippen LogP contribution in [0.15, 0.2) is 52.1 Å². The molecule has 0 atom stereocenters. The molecule has 0 amide bonds. The van der Waals surface area contributed by atoms with E-state index in [2.05, 4.69) is 15.4 Å². The lowest BCUT2D eigenvalue weighted by Crippen LogP contribution is -2.08. The highest BCUT2D eigenvalue weighted by Gasteiger charge is 2.34. The molecule has 166 valence electrons. The molecule has 2 aromatic heterocycles. The second-order valence-corrected chi connectivity index (χ2v) is 8.69. The Kier molecular flexibility index (Phi) is 6.24. The number of hydrogen-bond donors (Lipinski definition) is 0. The van der Waals surface area contributed by atoms with Crippen LogP contribution < -0.4 is 0 Å². The van der Waals surface area contributed by atoms with Gasteiger partial charge in [0.15, 0.2) is 11.0 Å². The van der Waals surface area contributed by atoms with Gasteiger partial charge < -0.3 is 4.52 Å². The summed E-state index contributed by atoms with van der Waals surface area (Å²) in [6.07, 6.45) is -4.61. The van der Waals surface area contributed by atoms with Gasteiger partial charge in [-0.15, -0.1) is 10.2 Å². The predicted octanol–water partition coefficient (Wildman–Crippen LogP) is 7.16. The van der Waals surface area contributed by atoms with Crippen LogP contribution in [-0.2, 0) is 11.9 Å². The Balaban J connectivity index is 1.84. The molecule has 11 heteroatoms. The van der Waals surface area contributed by atoms with Crippen LogP contribution in [0, 0.1) is 13.8 Å². The van der Waals surface area contributed by atoms with Crippen molar-refractivity contribution >= 4 is 35.0 Å². The van der Waals surface area contributed by atoms with Crippen LogP contribution in [0.5, 0.6) is 0 Å². The third-order valence-corrected chi connectivity index (χ3v) is 6.28. The summed E-state index contributed by atoms with van der Waals surface area (Å²) >= 11 is 13.3. The van der Waals surface area contributed by atoms with Crippen LogP contribution in [0.25, 0.3) is 17.1 Å². The van der Waals surface area contributed by atoms with Crippen LogP contribution >= 0.6 is 35.0 Å². The van der Waals surface area contributed by atoms with Gasteiger partial charge in [0.25, 0.3) is 0 Å². The molecule has 0 fully saturated rings. The maximum atomic E-state index is 13.5. The number of benzene rings is 2. The minimum absolute atomic E-state index is 0.225. The van der Waals surface area contributed by atoms with E-state index in [-0.39, 0.29) is 10.7 Å². The monoisotopic (exact) mass is 498 g/mol. The summed E-state index contributed by atoms with van der Waals surface area (Å²) in [5.41, 5.74) is 1.52. The number of nitrogens with zero attached hydrogens (tertiary/aromatic N) is 4. The zero-order chi connectivity index (χ0) is 23.0. The third kappa shape index (κ3) is 4.51. The van der Waals surface area contributed by atoms with Crippen LogP contribution in [0.1, 0.15) is 22.6 Å². The first-order chi connectivity index (χ1) is 15.1. The Bertz CT molecular complexity index is 1270. The standard InChI is InChI=1S/C21H15Cl2F3N4OS/c1-11-16(12(2)31-29-11)10-32-20-28-27-19(13-4-3-5-14(22)8-13)30(20)15-6-7-18(23)17(9-15)21(24,25)26/h3-9H,10H2,1-2H3. The molecule has 0 aliphatic heterocycles. The number of aryl methyl sites for hydroxylation is 2. The molecule has 4 rings (SSSR count). The van der Waals surface area contributed by atoms with E-state index < -0.39 is 11.7 Å². The summed E-state index contributed by atoms with van der Waals surface area (Å²) in [7, 11) is 0. The Morgan fingerprint density at radius 1 is 1.06 bits per heavy atom. The van der Waals surface area contributed by atoms with Crippen molar-refractivity contribution in [2.45, 2.75) is 30.9 Å². The van der Waals surface area contributed by atoms with Gasteiger partial charge in [0, 0.05) is 21.9 Å². The van der Waals surface area contributed by atoms with Crippen molar-refractivity contribution in [3.05, 3.63) is 75.1 Å². The maximum Gasteiger partial charge on any atom is 0.417 e. The van der Waals surface area contributed by atoms with Gasteiger partial charge in [-0.05, 0) is 44.2 Å². The quantitative estimate of drug-likeness (QED) is 0.273. The molecule has 0 saturated carbocycles. The fourth-order valence-electron chi connectivity index (χ4n) is 3.12. The van der Waals surface area contributed by atoms with Crippen LogP contribution in [0.4, 0.5) is 13.2 Å². The molecule has 4 aromatic rings. The first kappa shape index (κ1) is 22.7. The van der Waals surface area contributed by atoms with E-state index in [9.17, 15) is 13.2 Å². The third-order valence-electron chi connectivity index (χ3n) is 4.76. The van der Waals surface area contributed by atoms with Gasteiger partial charge in [-0.2, -0.15) is 13.2 Å². The second-order valence-electron chi connectivity index (χ2n) is 6.91. The summed E-state index contributed by atoms with van der Waals surface area (Å²) in [5.74, 6) is 1.47. The molecule has 0 spiro atoms. The normalized spacial score (nSPS) is 11.8. The van der Waals surface area contributed by atoms with Crippen molar-refractivity contribution in [3.63, 3.8) is 0 Å². The summed E-state index contributed by atoms with van der Waals surface area (Å²) in [4.78, 5) is 0. The summed E-state index contributed by atoms with van der Waals surface area (Å²) < 4.78 is 47.3. The highest BCUT2D eigenvalue weighted by molar-refractivity contribution is 7.98. The first-order valence-corrected chi connectivity index (χ1v) is 11.0. The van der Waals surface area contributed by atoms with Crippen molar-refractivity contribution < 1.29 is 17.7 Å². The van der Waals surface area contributed by atoms with Crippen molar-refractivity contribution in [3.8, 4) is 17.1 Å². The van der Waals surface area contributed by atoms with Crippen LogP contribution in [0.2, 0.25) is 10.0 Å². The van der Waals surface area contributed by atoms with Gasteiger partial charge in [-0.25, -0.2) is 0 Å². The number of thioether (sulfide) groups is 1. The lowest BCUT2D eigenvalue weighted by molar-refractivity contribution is -0.137. The van der Waals surface area contributed by atoms with E-state index in [4.69, 9.17) is 27.7 Å². The fraction of sp³-hybridized carbons (Fsp3) is 0.190. The van der Waals surface area contributed by atoms with Crippen molar-refractivity contribution in [1.29, 1.82) is 0 Å². The molecule has 0 bridgehead atoms. The van der Waals surface area contributed by atoms with Gasteiger partial charge in [0.1, 0.15) is 5.76 Å². The summed E-state index contributed by atoms with van der Waals surface area (Å²) in [6, 6.07) is 10.6. The molecule has 32 heavy (non-hydrogen) atoms. The average molecular weight is 499 g/mol. The number of aromatic nitrogens is 4. The second kappa shape index (κ2) is 8.80. The number of halogens is 5. The van der Waals surface area contributed by atoms with Gasteiger partial charge in [-0.3, -0.25) is 4.57 Å². The largest absolute Gasteiger partial charge is 0.417 e. The van der Waals surface area contributed by atoms with E-state index >= 15 is 0 Å².